The highest BCUT2D eigenvalue weighted by Crippen LogP contribution is 2.33. The van der Waals surface area contributed by atoms with E-state index in [1.165, 1.54) is 0 Å². The summed E-state index contributed by atoms with van der Waals surface area (Å²) in [6, 6.07) is 9.59. The molecule has 0 radical (unpaired) electrons. The van der Waals surface area contributed by atoms with E-state index in [1.54, 1.807) is 7.11 Å². The largest absolute Gasteiger partial charge is 0.495 e. The Hall–Kier alpha value is -1.87. The third kappa shape index (κ3) is 2.93. The minimum atomic E-state index is 0.691. The Labute approximate surface area is 118 Å². The fourth-order valence-corrected chi connectivity index (χ4v) is 1.99. The van der Waals surface area contributed by atoms with E-state index in [2.05, 4.69) is 5.32 Å². The molecule has 0 aromatic heterocycles. The van der Waals surface area contributed by atoms with Crippen LogP contribution in [-0.4, -0.2) is 7.11 Å². The number of methoxy groups -OCH3 is 1. The minimum Gasteiger partial charge on any atom is -0.495 e. The van der Waals surface area contributed by atoms with Gasteiger partial charge in [0.15, 0.2) is 0 Å². The molecule has 4 heteroatoms. The molecule has 3 N–H and O–H groups in total. The maximum absolute atomic E-state index is 6.09. The van der Waals surface area contributed by atoms with Gasteiger partial charge in [0, 0.05) is 22.5 Å². The highest BCUT2D eigenvalue weighted by molar-refractivity contribution is 6.31. The van der Waals surface area contributed by atoms with Gasteiger partial charge in [0.25, 0.3) is 0 Å². The predicted octanol–water partition coefficient (Wildman–Crippen LogP) is 4.29. The van der Waals surface area contributed by atoms with Gasteiger partial charge in [-0.25, -0.2) is 0 Å². The zero-order valence-corrected chi connectivity index (χ0v) is 12.0. The Kier molecular flexibility index (Phi) is 3.86. The fraction of sp³-hybridized carbons (Fsp3) is 0.200. The molecule has 2 rings (SSSR count). The summed E-state index contributed by atoms with van der Waals surface area (Å²) in [7, 11) is 1.63. The van der Waals surface area contributed by atoms with Gasteiger partial charge in [-0.3, -0.25) is 0 Å². The third-order valence-corrected chi connectivity index (χ3v) is 3.44. The smallest absolute Gasteiger partial charge is 0.143 e. The summed E-state index contributed by atoms with van der Waals surface area (Å²) in [5.74, 6) is 0.713. The lowest BCUT2D eigenvalue weighted by molar-refractivity contribution is 0.417. The molecule has 0 unspecified atom stereocenters. The van der Waals surface area contributed by atoms with Crippen molar-refractivity contribution in [2.45, 2.75) is 13.8 Å². The van der Waals surface area contributed by atoms with E-state index in [4.69, 9.17) is 22.1 Å². The number of anilines is 3. The Morgan fingerprint density at radius 1 is 1.11 bits per heavy atom. The van der Waals surface area contributed by atoms with Gasteiger partial charge in [-0.2, -0.15) is 0 Å². The van der Waals surface area contributed by atoms with E-state index in [0.29, 0.717) is 10.8 Å². The molecule has 0 atom stereocenters. The maximum atomic E-state index is 6.09. The second-order valence-corrected chi connectivity index (χ2v) is 4.91. The van der Waals surface area contributed by atoms with Crippen LogP contribution in [0.1, 0.15) is 11.1 Å². The van der Waals surface area contributed by atoms with E-state index in [0.717, 1.165) is 28.2 Å². The highest BCUT2D eigenvalue weighted by Gasteiger charge is 2.07. The molecule has 2 aromatic carbocycles. The average Bonchev–Trinajstić information content (AvgIpc) is 2.38. The van der Waals surface area contributed by atoms with Crippen molar-refractivity contribution in [1.82, 2.24) is 0 Å². The van der Waals surface area contributed by atoms with Crippen molar-refractivity contribution in [2.75, 3.05) is 18.2 Å². The van der Waals surface area contributed by atoms with Crippen LogP contribution in [0.15, 0.2) is 30.3 Å². The molecule has 0 saturated carbocycles. The normalized spacial score (nSPS) is 10.3. The summed E-state index contributed by atoms with van der Waals surface area (Å²) < 4.78 is 5.34. The topological polar surface area (TPSA) is 47.3 Å². The van der Waals surface area contributed by atoms with Crippen molar-refractivity contribution in [3.63, 3.8) is 0 Å². The van der Waals surface area contributed by atoms with E-state index < -0.39 is 0 Å². The van der Waals surface area contributed by atoms with Gasteiger partial charge >= 0.3 is 0 Å². The molecule has 100 valence electrons. The predicted molar refractivity (Wildman–Crippen MR) is 81.6 cm³/mol. The standard InChI is InChI=1S/C15H17ClN2O/c1-9-7-14(15(19-3)8-12(9)16)18-11-4-5-13(17)10(2)6-11/h4-8,18H,17H2,1-3H3. The van der Waals surface area contributed by atoms with Gasteiger partial charge in [0.05, 0.1) is 12.8 Å². The molecular formula is C15H17ClN2O. The molecule has 0 heterocycles. The summed E-state index contributed by atoms with van der Waals surface area (Å²) in [5, 5.41) is 4.01. The van der Waals surface area contributed by atoms with E-state index in [-0.39, 0.29) is 0 Å². The van der Waals surface area contributed by atoms with Gasteiger partial charge in [-0.1, -0.05) is 11.6 Å². The van der Waals surface area contributed by atoms with Crippen molar-refractivity contribution in [3.05, 3.63) is 46.5 Å². The highest BCUT2D eigenvalue weighted by atomic mass is 35.5. The van der Waals surface area contributed by atoms with Gasteiger partial charge in [-0.05, 0) is 49.2 Å². The summed E-state index contributed by atoms with van der Waals surface area (Å²) in [6.07, 6.45) is 0. The second kappa shape index (κ2) is 5.41. The summed E-state index contributed by atoms with van der Waals surface area (Å²) in [5.41, 5.74) is 10.5. The maximum Gasteiger partial charge on any atom is 0.143 e. The fourth-order valence-electron chi connectivity index (χ4n) is 1.84. The van der Waals surface area contributed by atoms with Crippen LogP contribution in [0.25, 0.3) is 0 Å². The zero-order chi connectivity index (χ0) is 14.0. The first-order valence-corrected chi connectivity index (χ1v) is 6.36. The summed E-state index contributed by atoms with van der Waals surface area (Å²) in [6.45, 7) is 3.94. The Morgan fingerprint density at radius 3 is 2.47 bits per heavy atom. The number of hydrogen-bond acceptors (Lipinski definition) is 3. The molecule has 3 nitrogen and oxygen atoms in total. The van der Waals surface area contributed by atoms with Crippen molar-refractivity contribution in [1.29, 1.82) is 0 Å². The van der Waals surface area contributed by atoms with E-state index >= 15 is 0 Å². The molecule has 0 aliphatic heterocycles. The van der Waals surface area contributed by atoms with E-state index in [9.17, 15) is 0 Å². The average molecular weight is 277 g/mol. The lowest BCUT2D eigenvalue weighted by atomic mass is 10.1. The van der Waals surface area contributed by atoms with Crippen LogP contribution in [0.5, 0.6) is 5.75 Å². The van der Waals surface area contributed by atoms with Crippen LogP contribution in [0, 0.1) is 13.8 Å². The first-order chi connectivity index (χ1) is 9.01. The summed E-state index contributed by atoms with van der Waals surface area (Å²) >= 11 is 6.09. The van der Waals surface area contributed by atoms with Gasteiger partial charge < -0.3 is 15.8 Å². The van der Waals surface area contributed by atoms with Gasteiger partial charge in [-0.15, -0.1) is 0 Å². The molecule has 0 amide bonds. The molecule has 0 spiro atoms. The number of hydrogen-bond donors (Lipinski definition) is 2. The third-order valence-electron chi connectivity index (χ3n) is 3.03. The zero-order valence-electron chi connectivity index (χ0n) is 11.3. The summed E-state index contributed by atoms with van der Waals surface area (Å²) in [4.78, 5) is 0. The Morgan fingerprint density at radius 2 is 1.84 bits per heavy atom. The number of rotatable bonds is 3. The molecule has 2 aromatic rings. The van der Waals surface area contributed by atoms with Crippen LogP contribution in [0.3, 0.4) is 0 Å². The first kappa shape index (κ1) is 13.6. The van der Waals surface area contributed by atoms with Crippen LogP contribution in [0.4, 0.5) is 17.1 Å². The molecule has 0 aliphatic rings. The molecular weight excluding hydrogens is 260 g/mol. The van der Waals surface area contributed by atoms with Crippen molar-refractivity contribution in [3.8, 4) is 5.75 Å². The number of nitrogens with one attached hydrogen (secondary N) is 1. The number of nitrogen functional groups attached to an aromatic ring is 1. The molecule has 19 heavy (non-hydrogen) atoms. The quantitative estimate of drug-likeness (QED) is 0.822. The van der Waals surface area contributed by atoms with Crippen molar-refractivity contribution in [2.24, 2.45) is 0 Å². The monoisotopic (exact) mass is 276 g/mol. The number of aryl methyl sites for hydroxylation is 2. The molecule has 0 bridgehead atoms. The molecule has 0 fully saturated rings. The van der Waals surface area contributed by atoms with Crippen molar-refractivity contribution >= 4 is 28.7 Å². The molecule has 0 saturated heterocycles. The minimum absolute atomic E-state index is 0.691. The molecule has 0 aliphatic carbocycles. The number of ether oxygens (including phenoxy) is 1. The van der Waals surface area contributed by atoms with Gasteiger partial charge in [0.1, 0.15) is 5.75 Å². The van der Waals surface area contributed by atoms with Crippen LogP contribution in [0.2, 0.25) is 5.02 Å². The van der Waals surface area contributed by atoms with E-state index in [1.807, 2.05) is 44.2 Å². The number of nitrogens with two attached hydrogens (primary N) is 1. The Balaban J connectivity index is 2.37. The second-order valence-electron chi connectivity index (χ2n) is 4.50. The first-order valence-electron chi connectivity index (χ1n) is 5.98. The SMILES string of the molecule is COc1cc(Cl)c(C)cc1Nc1ccc(N)c(C)c1. The van der Waals surface area contributed by atoms with Crippen LogP contribution in [-0.2, 0) is 0 Å². The van der Waals surface area contributed by atoms with Crippen LogP contribution >= 0.6 is 11.6 Å². The van der Waals surface area contributed by atoms with Gasteiger partial charge in [0.2, 0.25) is 0 Å². The number of halogens is 1. The van der Waals surface area contributed by atoms with Crippen molar-refractivity contribution < 1.29 is 4.74 Å². The lowest BCUT2D eigenvalue weighted by Gasteiger charge is -2.14. The number of benzene rings is 2. The van der Waals surface area contributed by atoms with Crippen LogP contribution < -0.4 is 15.8 Å². The lowest BCUT2D eigenvalue weighted by Crippen LogP contribution is -1.97. The Bertz CT molecular complexity index is 611.